The number of anilines is 1. The number of benzene rings is 1. The van der Waals surface area contributed by atoms with Crippen LogP contribution in [0.15, 0.2) is 22.7 Å². The SMILES string of the molecule is CCCC(CCC)Nc1cc(OC)ccc1Br. The van der Waals surface area contributed by atoms with Gasteiger partial charge in [0, 0.05) is 16.6 Å². The van der Waals surface area contributed by atoms with E-state index in [1.54, 1.807) is 7.11 Å². The third-order valence-electron chi connectivity index (χ3n) is 2.81. The highest BCUT2D eigenvalue weighted by Gasteiger charge is 2.09. The van der Waals surface area contributed by atoms with Crippen molar-refractivity contribution in [3.8, 4) is 5.75 Å². The molecule has 0 aliphatic rings. The fraction of sp³-hybridized carbons (Fsp3) is 0.571. The van der Waals surface area contributed by atoms with Crippen LogP contribution in [0.3, 0.4) is 0 Å². The van der Waals surface area contributed by atoms with E-state index in [0.29, 0.717) is 6.04 Å². The van der Waals surface area contributed by atoms with Crippen LogP contribution in [0.1, 0.15) is 39.5 Å². The Morgan fingerprint density at radius 3 is 2.41 bits per heavy atom. The second kappa shape index (κ2) is 7.59. The number of hydrogen-bond acceptors (Lipinski definition) is 2. The highest BCUT2D eigenvalue weighted by molar-refractivity contribution is 9.10. The van der Waals surface area contributed by atoms with Crippen LogP contribution < -0.4 is 10.1 Å². The number of halogens is 1. The molecule has 0 spiro atoms. The summed E-state index contributed by atoms with van der Waals surface area (Å²) in [7, 11) is 1.70. The molecule has 0 amide bonds. The minimum atomic E-state index is 0.549. The topological polar surface area (TPSA) is 21.3 Å². The molecule has 0 bridgehead atoms. The average Bonchev–Trinajstić information content (AvgIpc) is 2.32. The molecule has 1 aromatic rings. The van der Waals surface area contributed by atoms with Gasteiger partial charge in [-0.1, -0.05) is 26.7 Å². The molecule has 0 heterocycles. The summed E-state index contributed by atoms with van der Waals surface area (Å²) in [4.78, 5) is 0. The molecule has 0 fully saturated rings. The molecule has 0 saturated carbocycles. The van der Waals surface area contributed by atoms with E-state index >= 15 is 0 Å². The van der Waals surface area contributed by atoms with Crippen molar-refractivity contribution in [3.63, 3.8) is 0 Å². The quantitative estimate of drug-likeness (QED) is 0.778. The zero-order valence-corrected chi connectivity index (χ0v) is 12.5. The van der Waals surface area contributed by atoms with Crippen LogP contribution in [0.25, 0.3) is 0 Å². The molecule has 0 aliphatic heterocycles. The van der Waals surface area contributed by atoms with Crippen LogP contribution >= 0.6 is 15.9 Å². The second-order valence-electron chi connectivity index (χ2n) is 4.26. The Labute approximate surface area is 113 Å². The van der Waals surface area contributed by atoms with Gasteiger partial charge in [0.1, 0.15) is 5.75 Å². The first-order chi connectivity index (χ1) is 8.21. The Kier molecular flexibility index (Phi) is 6.41. The molecule has 1 rings (SSSR count). The first-order valence-electron chi connectivity index (χ1n) is 6.31. The summed E-state index contributed by atoms with van der Waals surface area (Å²) < 4.78 is 6.34. The first kappa shape index (κ1) is 14.4. The molecule has 0 saturated heterocycles. The van der Waals surface area contributed by atoms with Crippen molar-refractivity contribution in [2.45, 2.75) is 45.6 Å². The second-order valence-corrected chi connectivity index (χ2v) is 5.12. The number of hydrogen-bond donors (Lipinski definition) is 1. The molecule has 0 unspecified atom stereocenters. The fourth-order valence-corrected chi connectivity index (χ4v) is 2.31. The van der Waals surface area contributed by atoms with E-state index in [1.165, 1.54) is 25.7 Å². The minimum absolute atomic E-state index is 0.549. The minimum Gasteiger partial charge on any atom is -0.497 e. The van der Waals surface area contributed by atoms with Crippen LogP contribution in [0.4, 0.5) is 5.69 Å². The molecular formula is C14H22BrNO. The lowest BCUT2D eigenvalue weighted by Crippen LogP contribution is -2.19. The van der Waals surface area contributed by atoms with E-state index in [-0.39, 0.29) is 0 Å². The molecule has 96 valence electrons. The predicted molar refractivity (Wildman–Crippen MR) is 77.9 cm³/mol. The molecule has 3 heteroatoms. The van der Waals surface area contributed by atoms with E-state index in [9.17, 15) is 0 Å². The summed E-state index contributed by atoms with van der Waals surface area (Å²) in [6.45, 7) is 4.45. The molecule has 0 atom stereocenters. The monoisotopic (exact) mass is 299 g/mol. The van der Waals surface area contributed by atoms with Gasteiger partial charge in [0.05, 0.1) is 12.8 Å². The maximum absolute atomic E-state index is 5.25. The summed E-state index contributed by atoms with van der Waals surface area (Å²) in [6, 6.07) is 6.58. The highest BCUT2D eigenvalue weighted by atomic mass is 79.9. The van der Waals surface area contributed by atoms with Gasteiger partial charge < -0.3 is 10.1 Å². The van der Waals surface area contributed by atoms with Gasteiger partial charge in [0.15, 0.2) is 0 Å². The van der Waals surface area contributed by atoms with Gasteiger partial charge in [0.2, 0.25) is 0 Å². The third kappa shape index (κ3) is 4.58. The van der Waals surface area contributed by atoms with Gasteiger partial charge in [-0.3, -0.25) is 0 Å². The number of ether oxygens (including phenoxy) is 1. The molecule has 2 nitrogen and oxygen atoms in total. The fourth-order valence-electron chi connectivity index (χ4n) is 1.95. The lowest BCUT2D eigenvalue weighted by Gasteiger charge is -2.20. The molecule has 1 N–H and O–H groups in total. The van der Waals surface area contributed by atoms with Crippen LogP contribution in [0.2, 0.25) is 0 Å². The molecule has 0 aromatic heterocycles. The van der Waals surface area contributed by atoms with Crippen molar-refractivity contribution < 1.29 is 4.74 Å². The van der Waals surface area contributed by atoms with Crippen molar-refractivity contribution in [2.24, 2.45) is 0 Å². The largest absolute Gasteiger partial charge is 0.497 e. The molecule has 0 aliphatic carbocycles. The number of methoxy groups -OCH3 is 1. The van der Waals surface area contributed by atoms with Gasteiger partial charge in [-0.2, -0.15) is 0 Å². The van der Waals surface area contributed by atoms with Crippen LogP contribution in [0.5, 0.6) is 5.75 Å². The van der Waals surface area contributed by atoms with Crippen LogP contribution in [0, 0.1) is 0 Å². The van der Waals surface area contributed by atoms with Crippen molar-refractivity contribution >= 4 is 21.6 Å². The summed E-state index contributed by atoms with van der Waals surface area (Å²) in [5.41, 5.74) is 1.12. The van der Waals surface area contributed by atoms with Crippen LogP contribution in [-0.4, -0.2) is 13.2 Å². The van der Waals surface area contributed by atoms with Crippen molar-refractivity contribution in [1.82, 2.24) is 0 Å². The molecule has 17 heavy (non-hydrogen) atoms. The van der Waals surface area contributed by atoms with E-state index in [0.717, 1.165) is 15.9 Å². The van der Waals surface area contributed by atoms with Gasteiger partial charge in [-0.05, 0) is 40.9 Å². The maximum atomic E-state index is 5.25. The van der Waals surface area contributed by atoms with E-state index < -0.39 is 0 Å². The van der Waals surface area contributed by atoms with Gasteiger partial charge in [-0.15, -0.1) is 0 Å². The number of nitrogens with one attached hydrogen (secondary N) is 1. The van der Waals surface area contributed by atoms with Crippen molar-refractivity contribution in [3.05, 3.63) is 22.7 Å². The van der Waals surface area contributed by atoms with E-state index in [2.05, 4.69) is 35.1 Å². The molecule has 1 aromatic carbocycles. The Hall–Kier alpha value is -0.700. The van der Waals surface area contributed by atoms with Crippen molar-refractivity contribution in [2.75, 3.05) is 12.4 Å². The maximum Gasteiger partial charge on any atom is 0.121 e. The first-order valence-corrected chi connectivity index (χ1v) is 7.10. The van der Waals surface area contributed by atoms with Crippen molar-refractivity contribution in [1.29, 1.82) is 0 Å². The van der Waals surface area contributed by atoms with Gasteiger partial charge in [0.25, 0.3) is 0 Å². The van der Waals surface area contributed by atoms with E-state index in [1.807, 2.05) is 18.2 Å². The summed E-state index contributed by atoms with van der Waals surface area (Å²) in [6.07, 6.45) is 4.83. The summed E-state index contributed by atoms with van der Waals surface area (Å²) >= 11 is 3.57. The predicted octanol–water partition coefficient (Wildman–Crippen LogP) is 4.84. The normalized spacial score (nSPS) is 10.6. The Balaban J connectivity index is 2.76. The Bertz CT molecular complexity index is 335. The summed E-state index contributed by atoms with van der Waals surface area (Å²) in [5, 5.41) is 3.60. The van der Waals surface area contributed by atoms with Crippen LogP contribution in [-0.2, 0) is 0 Å². The highest BCUT2D eigenvalue weighted by Crippen LogP contribution is 2.28. The number of rotatable bonds is 7. The zero-order chi connectivity index (χ0) is 12.7. The smallest absolute Gasteiger partial charge is 0.121 e. The lowest BCUT2D eigenvalue weighted by molar-refractivity contribution is 0.415. The Morgan fingerprint density at radius 1 is 1.24 bits per heavy atom. The Morgan fingerprint density at radius 2 is 1.88 bits per heavy atom. The van der Waals surface area contributed by atoms with Gasteiger partial charge in [-0.25, -0.2) is 0 Å². The third-order valence-corrected chi connectivity index (χ3v) is 3.50. The standard InChI is InChI=1S/C14H22BrNO/c1-4-6-11(7-5-2)16-14-10-12(17-3)8-9-13(14)15/h8-11,16H,4-7H2,1-3H3. The summed E-state index contributed by atoms with van der Waals surface area (Å²) in [5.74, 6) is 0.891. The van der Waals surface area contributed by atoms with Gasteiger partial charge >= 0.3 is 0 Å². The molecule has 0 radical (unpaired) electrons. The van der Waals surface area contributed by atoms with E-state index in [4.69, 9.17) is 4.74 Å². The zero-order valence-electron chi connectivity index (χ0n) is 10.9. The molecular weight excluding hydrogens is 278 g/mol. The average molecular weight is 300 g/mol. The lowest BCUT2D eigenvalue weighted by atomic mass is 10.1.